The number of carbonyl (C=O) groups is 1. The highest BCUT2D eigenvalue weighted by Gasteiger charge is 1.99. The Morgan fingerprint density at radius 1 is 0.773 bits per heavy atom. The predicted molar refractivity (Wildman–Crippen MR) is 93.1 cm³/mol. The summed E-state index contributed by atoms with van der Waals surface area (Å²) in [4.78, 5) is 10.7. The van der Waals surface area contributed by atoms with E-state index < -0.39 is 5.97 Å². The van der Waals surface area contributed by atoms with Crippen LogP contribution in [-0.4, -0.2) is 16.2 Å². The van der Waals surface area contributed by atoms with Crippen molar-refractivity contribution in [3.63, 3.8) is 0 Å². The van der Waals surface area contributed by atoms with Gasteiger partial charge in [0.05, 0.1) is 5.56 Å². The Hall–Kier alpha value is -2.55. The van der Waals surface area contributed by atoms with E-state index in [-0.39, 0.29) is 11.3 Å². The molecular formula is C19H24O3. The molecule has 0 saturated heterocycles. The lowest BCUT2D eigenvalue weighted by molar-refractivity contribution is 0.0697. The van der Waals surface area contributed by atoms with Gasteiger partial charge in [0.2, 0.25) is 0 Å². The summed E-state index contributed by atoms with van der Waals surface area (Å²) in [7, 11) is 0. The molecule has 22 heavy (non-hydrogen) atoms. The minimum Gasteiger partial charge on any atom is -0.508 e. The van der Waals surface area contributed by atoms with Gasteiger partial charge in [0, 0.05) is 0 Å². The van der Waals surface area contributed by atoms with Crippen molar-refractivity contribution in [2.24, 2.45) is 0 Å². The number of phenols is 1. The Morgan fingerprint density at radius 3 is 1.50 bits per heavy atom. The number of rotatable bonds is 3. The molecule has 2 aromatic rings. The van der Waals surface area contributed by atoms with Crippen molar-refractivity contribution in [1.82, 2.24) is 0 Å². The van der Waals surface area contributed by atoms with Gasteiger partial charge >= 0.3 is 5.97 Å². The molecule has 118 valence electrons. The van der Waals surface area contributed by atoms with Crippen LogP contribution in [0.2, 0.25) is 0 Å². The minimum atomic E-state index is -0.927. The highest BCUT2D eigenvalue weighted by Crippen LogP contribution is 2.13. The molecule has 0 fully saturated rings. The minimum absolute atomic E-state index is 0.234. The van der Waals surface area contributed by atoms with Crippen LogP contribution in [0.25, 0.3) is 12.2 Å². The smallest absolute Gasteiger partial charge is 0.335 e. The summed E-state index contributed by atoms with van der Waals surface area (Å²) in [6.45, 7) is 8.00. The number of phenolic OH excluding ortho intramolecular Hbond substituents is 1. The molecule has 0 aromatic heterocycles. The highest BCUT2D eigenvalue weighted by atomic mass is 16.4. The zero-order valence-electron chi connectivity index (χ0n) is 13.6. The van der Waals surface area contributed by atoms with E-state index >= 15 is 0 Å². The Kier molecular flexibility index (Phi) is 9.85. The first-order valence-corrected chi connectivity index (χ1v) is 7.45. The number of aromatic hydroxyl groups is 1. The Bertz CT molecular complexity index is 567. The summed E-state index contributed by atoms with van der Waals surface area (Å²) < 4.78 is 0. The molecule has 0 heterocycles. The summed E-state index contributed by atoms with van der Waals surface area (Å²) in [5.74, 6) is -0.693. The van der Waals surface area contributed by atoms with E-state index in [1.54, 1.807) is 48.5 Å². The summed E-state index contributed by atoms with van der Waals surface area (Å²) in [6, 6.07) is 13.5. The average molecular weight is 300 g/mol. The summed E-state index contributed by atoms with van der Waals surface area (Å²) >= 11 is 0. The third-order valence-electron chi connectivity index (χ3n) is 2.52. The van der Waals surface area contributed by atoms with Gasteiger partial charge in [0.1, 0.15) is 5.75 Å². The van der Waals surface area contributed by atoms with Crippen molar-refractivity contribution < 1.29 is 15.0 Å². The van der Waals surface area contributed by atoms with Crippen LogP contribution in [0.1, 0.15) is 49.2 Å². The first-order valence-electron chi connectivity index (χ1n) is 7.45. The zero-order chi connectivity index (χ0) is 17.0. The second kappa shape index (κ2) is 11.1. The van der Waals surface area contributed by atoms with E-state index in [4.69, 9.17) is 10.2 Å². The molecule has 0 spiro atoms. The monoisotopic (exact) mass is 300 g/mol. The van der Waals surface area contributed by atoms with E-state index in [1.807, 2.05) is 39.8 Å². The summed E-state index contributed by atoms with van der Waals surface area (Å²) in [5.41, 5.74) is 2.17. The van der Waals surface area contributed by atoms with Crippen molar-refractivity contribution in [2.45, 2.75) is 27.7 Å². The van der Waals surface area contributed by atoms with Crippen LogP contribution in [0, 0.1) is 0 Å². The third kappa shape index (κ3) is 6.75. The summed E-state index contributed by atoms with van der Waals surface area (Å²) in [5, 5.41) is 17.9. The van der Waals surface area contributed by atoms with E-state index in [9.17, 15) is 4.79 Å². The molecule has 3 heteroatoms. The van der Waals surface area contributed by atoms with E-state index in [0.717, 1.165) is 11.1 Å². The number of benzene rings is 2. The van der Waals surface area contributed by atoms with Crippen molar-refractivity contribution in [1.29, 1.82) is 0 Å². The fourth-order valence-corrected chi connectivity index (χ4v) is 1.51. The molecular weight excluding hydrogens is 276 g/mol. The van der Waals surface area contributed by atoms with Gasteiger partial charge < -0.3 is 10.2 Å². The Morgan fingerprint density at radius 2 is 1.14 bits per heavy atom. The van der Waals surface area contributed by atoms with Crippen LogP contribution in [-0.2, 0) is 0 Å². The predicted octanol–water partition coefficient (Wildman–Crippen LogP) is 5.31. The number of hydrogen-bond acceptors (Lipinski definition) is 2. The molecule has 3 nitrogen and oxygen atoms in total. The Labute approximate surface area is 132 Å². The van der Waals surface area contributed by atoms with Gasteiger partial charge in [-0.2, -0.15) is 0 Å². The molecule has 0 atom stereocenters. The van der Waals surface area contributed by atoms with Crippen LogP contribution in [0.4, 0.5) is 0 Å². The molecule has 0 aliphatic rings. The average Bonchev–Trinajstić information content (AvgIpc) is 2.58. The fourth-order valence-electron chi connectivity index (χ4n) is 1.51. The molecule has 0 bridgehead atoms. The van der Waals surface area contributed by atoms with Crippen LogP contribution >= 0.6 is 0 Å². The number of hydrogen-bond donors (Lipinski definition) is 2. The molecule has 2 N–H and O–H groups in total. The normalized spacial score (nSPS) is 9.27. The van der Waals surface area contributed by atoms with Crippen molar-refractivity contribution in [3.05, 3.63) is 65.2 Å². The lowest BCUT2D eigenvalue weighted by Crippen LogP contribution is -1.94. The Balaban J connectivity index is 0.00000102. The zero-order valence-corrected chi connectivity index (χ0v) is 13.6. The van der Waals surface area contributed by atoms with Crippen LogP contribution in [0.15, 0.2) is 48.5 Å². The standard InChI is InChI=1S/C15H12O3.2C2H6/c16-14-9-5-12(6-10-14)2-1-11-3-7-13(8-4-11)15(17)18;2*1-2/h1-10,16H,(H,17,18);2*1-2H3/b2-1+;;. The van der Waals surface area contributed by atoms with Gasteiger partial charge in [-0.15, -0.1) is 0 Å². The highest BCUT2D eigenvalue weighted by molar-refractivity contribution is 5.88. The van der Waals surface area contributed by atoms with Crippen LogP contribution in [0.3, 0.4) is 0 Å². The van der Waals surface area contributed by atoms with Gasteiger partial charge in [0.25, 0.3) is 0 Å². The van der Waals surface area contributed by atoms with Gasteiger partial charge in [-0.1, -0.05) is 64.1 Å². The third-order valence-corrected chi connectivity index (χ3v) is 2.52. The lowest BCUT2D eigenvalue weighted by atomic mass is 10.1. The van der Waals surface area contributed by atoms with E-state index in [1.165, 1.54) is 0 Å². The van der Waals surface area contributed by atoms with E-state index in [2.05, 4.69) is 0 Å². The second-order valence-corrected chi connectivity index (χ2v) is 3.85. The molecule has 0 aliphatic carbocycles. The topological polar surface area (TPSA) is 57.5 Å². The lowest BCUT2D eigenvalue weighted by Gasteiger charge is -1.97. The van der Waals surface area contributed by atoms with Crippen LogP contribution < -0.4 is 0 Å². The van der Waals surface area contributed by atoms with E-state index in [0.29, 0.717) is 0 Å². The first-order chi connectivity index (χ1) is 10.6. The number of aromatic carboxylic acids is 1. The maximum atomic E-state index is 10.7. The molecule has 2 aromatic carbocycles. The summed E-state index contributed by atoms with van der Waals surface area (Å²) in [6.07, 6.45) is 3.78. The second-order valence-electron chi connectivity index (χ2n) is 3.85. The largest absolute Gasteiger partial charge is 0.508 e. The SMILES string of the molecule is CC.CC.O=C(O)c1ccc(/C=C/c2ccc(O)cc2)cc1. The van der Waals surface area contributed by atoms with Crippen molar-refractivity contribution in [2.75, 3.05) is 0 Å². The maximum absolute atomic E-state index is 10.7. The first kappa shape index (κ1) is 19.4. The van der Waals surface area contributed by atoms with Crippen molar-refractivity contribution in [3.8, 4) is 5.75 Å². The fraction of sp³-hybridized carbons (Fsp3) is 0.211. The molecule has 0 radical (unpaired) electrons. The number of carboxylic acids is 1. The van der Waals surface area contributed by atoms with Crippen molar-refractivity contribution >= 4 is 18.1 Å². The molecule has 2 rings (SSSR count). The van der Waals surface area contributed by atoms with Gasteiger partial charge in [0.15, 0.2) is 0 Å². The molecule has 0 amide bonds. The quantitative estimate of drug-likeness (QED) is 0.755. The van der Waals surface area contributed by atoms with Gasteiger partial charge in [-0.25, -0.2) is 4.79 Å². The van der Waals surface area contributed by atoms with Gasteiger partial charge in [-0.3, -0.25) is 0 Å². The number of carboxylic acid groups (broad SMARTS) is 1. The molecule has 0 saturated carbocycles. The maximum Gasteiger partial charge on any atom is 0.335 e. The molecule has 0 aliphatic heterocycles. The molecule has 0 unspecified atom stereocenters. The van der Waals surface area contributed by atoms with Crippen LogP contribution in [0.5, 0.6) is 5.75 Å². The van der Waals surface area contributed by atoms with Gasteiger partial charge in [-0.05, 0) is 35.4 Å².